The van der Waals surface area contributed by atoms with Crippen LogP contribution in [0.1, 0.15) is 36.2 Å². The minimum absolute atomic E-state index is 0.0753. The third-order valence-corrected chi connectivity index (χ3v) is 2.73. The van der Waals surface area contributed by atoms with Gasteiger partial charge in [-0.2, -0.15) is 0 Å². The largest absolute Gasteiger partial charge is 0.459 e. The number of rotatable bonds is 2. The minimum atomic E-state index is -0.277. The maximum absolute atomic E-state index is 11.6. The van der Waals surface area contributed by atoms with Gasteiger partial charge >= 0.3 is 0 Å². The van der Waals surface area contributed by atoms with Gasteiger partial charge < -0.3 is 14.8 Å². The van der Waals surface area contributed by atoms with Crippen molar-refractivity contribution in [2.45, 2.75) is 37.8 Å². The van der Waals surface area contributed by atoms with Crippen LogP contribution >= 0.6 is 0 Å². The van der Waals surface area contributed by atoms with E-state index in [1.165, 1.54) is 6.26 Å². The van der Waals surface area contributed by atoms with Crippen LogP contribution in [0.3, 0.4) is 0 Å². The third kappa shape index (κ3) is 2.59. The number of aliphatic hydroxyl groups excluding tert-OH is 1. The van der Waals surface area contributed by atoms with Crippen LogP contribution in [0.2, 0.25) is 0 Å². The summed E-state index contributed by atoms with van der Waals surface area (Å²) in [6.45, 7) is 0. The summed E-state index contributed by atoms with van der Waals surface area (Å²) in [6.07, 6.45) is 4.58. The Morgan fingerprint density at radius 1 is 1.53 bits per heavy atom. The molecule has 4 heteroatoms. The maximum Gasteiger partial charge on any atom is 0.287 e. The van der Waals surface area contributed by atoms with Crippen LogP contribution in [0.4, 0.5) is 0 Å². The Morgan fingerprint density at radius 2 is 2.40 bits per heavy atom. The van der Waals surface area contributed by atoms with Crippen molar-refractivity contribution in [1.82, 2.24) is 5.32 Å². The molecule has 82 valence electrons. The number of hydrogen-bond donors (Lipinski definition) is 2. The van der Waals surface area contributed by atoms with Crippen LogP contribution in [-0.2, 0) is 0 Å². The minimum Gasteiger partial charge on any atom is -0.459 e. The lowest BCUT2D eigenvalue weighted by Gasteiger charge is -2.26. The quantitative estimate of drug-likeness (QED) is 0.772. The van der Waals surface area contributed by atoms with Gasteiger partial charge in [0.2, 0.25) is 0 Å². The molecule has 15 heavy (non-hydrogen) atoms. The molecular weight excluding hydrogens is 194 g/mol. The first-order valence-electron chi connectivity index (χ1n) is 5.28. The molecule has 1 saturated carbocycles. The number of furan rings is 1. The van der Waals surface area contributed by atoms with Crippen LogP contribution < -0.4 is 5.32 Å². The fourth-order valence-electron chi connectivity index (χ4n) is 1.96. The van der Waals surface area contributed by atoms with Gasteiger partial charge in [0.05, 0.1) is 12.4 Å². The van der Waals surface area contributed by atoms with Crippen LogP contribution in [0.25, 0.3) is 0 Å². The maximum atomic E-state index is 11.6. The zero-order chi connectivity index (χ0) is 10.7. The van der Waals surface area contributed by atoms with Crippen molar-refractivity contribution in [3.63, 3.8) is 0 Å². The van der Waals surface area contributed by atoms with Crippen molar-refractivity contribution < 1.29 is 14.3 Å². The monoisotopic (exact) mass is 209 g/mol. The first-order valence-corrected chi connectivity index (χ1v) is 5.28. The second-order valence-corrected chi connectivity index (χ2v) is 3.97. The van der Waals surface area contributed by atoms with Gasteiger partial charge in [0, 0.05) is 6.04 Å². The number of nitrogens with one attached hydrogen (secondary N) is 1. The highest BCUT2D eigenvalue weighted by molar-refractivity contribution is 5.91. The van der Waals surface area contributed by atoms with E-state index >= 15 is 0 Å². The molecule has 1 fully saturated rings. The average molecular weight is 209 g/mol. The van der Waals surface area contributed by atoms with E-state index in [4.69, 9.17) is 4.42 Å². The molecule has 0 radical (unpaired) electrons. The second-order valence-electron chi connectivity index (χ2n) is 3.97. The third-order valence-electron chi connectivity index (χ3n) is 2.73. The molecule has 1 aromatic rings. The van der Waals surface area contributed by atoms with Gasteiger partial charge in [-0.25, -0.2) is 0 Å². The van der Waals surface area contributed by atoms with Crippen LogP contribution in [0, 0.1) is 0 Å². The van der Waals surface area contributed by atoms with E-state index in [-0.39, 0.29) is 18.1 Å². The number of carbonyl (C=O) groups excluding carboxylic acids is 1. The Bertz CT molecular complexity index is 321. The molecule has 0 saturated heterocycles. The van der Waals surface area contributed by atoms with Gasteiger partial charge in [-0.1, -0.05) is 0 Å². The van der Waals surface area contributed by atoms with Crippen LogP contribution in [0.15, 0.2) is 22.8 Å². The SMILES string of the molecule is O=C(NC1CCCC(O)C1)c1ccco1. The van der Waals surface area contributed by atoms with Gasteiger partial charge in [-0.3, -0.25) is 4.79 Å². The fourth-order valence-corrected chi connectivity index (χ4v) is 1.96. The van der Waals surface area contributed by atoms with E-state index < -0.39 is 0 Å². The number of aliphatic hydroxyl groups is 1. The highest BCUT2D eigenvalue weighted by atomic mass is 16.3. The summed E-state index contributed by atoms with van der Waals surface area (Å²) in [5.74, 6) is 0.133. The van der Waals surface area contributed by atoms with Crippen molar-refractivity contribution in [2.24, 2.45) is 0 Å². The summed E-state index contributed by atoms with van der Waals surface area (Å²) in [5, 5.41) is 12.3. The summed E-state index contributed by atoms with van der Waals surface area (Å²) in [5.41, 5.74) is 0. The van der Waals surface area contributed by atoms with E-state index in [9.17, 15) is 9.90 Å². The second kappa shape index (κ2) is 4.49. The van der Waals surface area contributed by atoms with Crippen molar-refractivity contribution in [2.75, 3.05) is 0 Å². The van der Waals surface area contributed by atoms with Crippen molar-refractivity contribution in [1.29, 1.82) is 0 Å². The Hall–Kier alpha value is -1.29. The molecule has 1 aromatic heterocycles. The molecule has 1 aliphatic carbocycles. The summed E-state index contributed by atoms with van der Waals surface area (Å²) < 4.78 is 4.99. The molecule has 0 aliphatic heterocycles. The van der Waals surface area contributed by atoms with Gasteiger partial charge in [-0.05, 0) is 37.8 Å². The van der Waals surface area contributed by atoms with E-state index in [1.54, 1.807) is 12.1 Å². The molecule has 0 spiro atoms. The van der Waals surface area contributed by atoms with Crippen LogP contribution in [-0.4, -0.2) is 23.2 Å². The average Bonchev–Trinajstić information content (AvgIpc) is 2.70. The lowest BCUT2D eigenvalue weighted by Crippen LogP contribution is -2.39. The lowest BCUT2D eigenvalue weighted by molar-refractivity contribution is 0.0826. The standard InChI is InChI=1S/C11H15NO3/c13-9-4-1-3-8(7-9)12-11(14)10-5-2-6-15-10/h2,5-6,8-9,13H,1,3-4,7H2,(H,12,14). The first kappa shape index (κ1) is 10.2. The molecule has 2 N–H and O–H groups in total. The molecule has 0 aromatic carbocycles. The molecule has 1 aliphatic rings. The Labute approximate surface area is 88.3 Å². The number of hydrogen-bond acceptors (Lipinski definition) is 3. The van der Waals surface area contributed by atoms with E-state index in [0.29, 0.717) is 12.2 Å². The van der Waals surface area contributed by atoms with Crippen LogP contribution in [0.5, 0.6) is 0 Å². The highest BCUT2D eigenvalue weighted by Crippen LogP contribution is 2.18. The molecule has 4 nitrogen and oxygen atoms in total. The molecule has 2 rings (SSSR count). The van der Waals surface area contributed by atoms with E-state index in [2.05, 4.69) is 5.32 Å². The van der Waals surface area contributed by atoms with E-state index in [1.807, 2.05) is 0 Å². The Morgan fingerprint density at radius 3 is 3.07 bits per heavy atom. The topological polar surface area (TPSA) is 62.5 Å². The van der Waals surface area contributed by atoms with Gasteiger partial charge in [0.25, 0.3) is 5.91 Å². The smallest absolute Gasteiger partial charge is 0.287 e. The molecule has 2 unspecified atom stereocenters. The molecule has 1 amide bonds. The fraction of sp³-hybridized carbons (Fsp3) is 0.545. The van der Waals surface area contributed by atoms with Crippen molar-refractivity contribution >= 4 is 5.91 Å². The first-order chi connectivity index (χ1) is 7.25. The Balaban J connectivity index is 1.89. The number of amides is 1. The highest BCUT2D eigenvalue weighted by Gasteiger charge is 2.22. The van der Waals surface area contributed by atoms with E-state index in [0.717, 1.165) is 19.3 Å². The van der Waals surface area contributed by atoms with Gasteiger partial charge in [-0.15, -0.1) is 0 Å². The molecule has 2 atom stereocenters. The normalized spacial score (nSPS) is 26.2. The summed E-state index contributed by atoms with van der Waals surface area (Å²) >= 11 is 0. The molecule has 1 heterocycles. The predicted molar refractivity (Wildman–Crippen MR) is 54.4 cm³/mol. The molecule has 0 bridgehead atoms. The number of carbonyl (C=O) groups is 1. The lowest BCUT2D eigenvalue weighted by atomic mass is 9.93. The predicted octanol–water partition coefficient (Wildman–Crippen LogP) is 1.31. The van der Waals surface area contributed by atoms with Crippen molar-refractivity contribution in [3.8, 4) is 0 Å². The molecular formula is C11H15NO3. The van der Waals surface area contributed by atoms with Gasteiger partial charge in [0.1, 0.15) is 0 Å². The Kier molecular flexibility index (Phi) is 3.06. The zero-order valence-electron chi connectivity index (χ0n) is 8.48. The summed E-state index contributed by atoms with van der Waals surface area (Å²) in [4.78, 5) is 11.6. The summed E-state index contributed by atoms with van der Waals surface area (Å²) in [6, 6.07) is 3.39. The zero-order valence-corrected chi connectivity index (χ0v) is 8.48. The van der Waals surface area contributed by atoms with Crippen molar-refractivity contribution in [3.05, 3.63) is 24.2 Å². The van der Waals surface area contributed by atoms with Gasteiger partial charge in [0.15, 0.2) is 5.76 Å². The summed E-state index contributed by atoms with van der Waals surface area (Å²) in [7, 11) is 0.